The topological polar surface area (TPSA) is 46.6 Å². The number of hydrogen-bond acceptors (Lipinski definition) is 3. The molecule has 112 valence electrons. The molecule has 1 aliphatic rings. The average Bonchev–Trinajstić information content (AvgIpc) is 2.97. The van der Waals surface area contributed by atoms with E-state index in [1.165, 1.54) is 13.2 Å². The second-order valence-electron chi connectivity index (χ2n) is 5.13. The van der Waals surface area contributed by atoms with Gasteiger partial charge in [0.1, 0.15) is 0 Å². The van der Waals surface area contributed by atoms with Crippen LogP contribution >= 0.6 is 11.6 Å². The van der Waals surface area contributed by atoms with Gasteiger partial charge < -0.3 is 9.64 Å². The minimum absolute atomic E-state index is 0.0990. The predicted octanol–water partition coefficient (Wildman–Crippen LogP) is 2.68. The van der Waals surface area contributed by atoms with Crippen molar-refractivity contribution in [1.82, 2.24) is 4.90 Å². The Balaban J connectivity index is 1.97. The number of methoxy groups -OCH3 is 1. The van der Waals surface area contributed by atoms with Crippen LogP contribution in [0, 0.1) is 12.8 Å². The van der Waals surface area contributed by atoms with Crippen LogP contribution in [-0.4, -0.2) is 37.0 Å². The fraction of sp³-hybridized carbons (Fsp3) is 0.375. The molecule has 0 radical (unpaired) electrons. The van der Waals surface area contributed by atoms with E-state index in [0.29, 0.717) is 24.5 Å². The van der Waals surface area contributed by atoms with Crippen LogP contribution in [0.1, 0.15) is 17.5 Å². The number of likely N-dealkylation sites (tertiary alicyclic amines) is 1. The van der Waals surface area contributed by atoms with E-state index in [1.807, 2.05) is 25.1 Å². The number of halogens is 1. The van der Waals surface area contributed by atoms with Crippen molar-refractivity contribution in [2.75, 3.05) is 20.2 Å². The van der Waals surface area contributed by atoms with Gasteiger partial charge in [0.2, 0.25) is 5.91 Å². The van der Waals surface area contributed by atoms with Crippen molar-refractivity contribution in [3.8, 4) is 0 Å². The molecular formula is C16H18ClNO3. The van der Waals surface area contributed by atoms with Crippen molar-refractivity contribution in [3.05, 3.63) is 40.4 Å². The maximum absolute atomic E-state index is 12.1. The Kier molecular flexibility index (Phi) is 5.02. The van der Waals surface area contributed by atoms with Crippen molar-refractivity contribution in [2.24, 2.45) is 5.92 Å². The Morgan fingerprint density at radius 3 is 2.86 bits per heavy atom. The van der Waals surface area contributed by atoms with E-state index in [-0.39, 0.29) is 17.8 Å². The SMILES string of the molecule is COC(=O)C1CCN(C(=O)/C=C/c2ccc(C)c(Cl)c2)C1. The summed E-state index contributed by atoms with van der Waals surface area (Å²) >= 11 is 6.05. The van der Waals surface area contributed by atoms with Crippen molar-refractivity contribution < 1.29 is 14.3 Å². The number of benzene rings is 1. The summed E-state index contributed by atoms with van der Waals surface area (Å²) in [4.78, 5) is 25.2. The van der Waals surface area contributed by atoms with Crippen LogP contribution in [0.15, 0.2) is 24.3 Å². The van der Waals surface area contributed by atoms with E-state index in [4.69, 9.17) is 16.3 Å². The molecular weight excluding hydrogens is 290 g/mol. The molecule has 0 spiro atoms. The fourth-order valence-electron chi connectivity index (χ4n) is 2.31. The minimum Gasteiger partial charge on any atom is -0.469 e. The standard InChI is InChI=1S/C16H18ClNO3/c1-11-3-4-12(9-14(11)17)5-6-15(19)18-8-7-13(10-18)16(20)21-2/h3-6,9,13H,7-8,10H2,1-2H3/b6-5+. The van der Waals surface area contributed by atoms with Crippen molar-refractivity contribution >= 4 is 29.6 Å². The second kappa shape index (κ2) is 6.76. The van der Waals surface area contributed by atoms with Gasteiger partial charge in [0.05, 0.1) is 13.0 Å². The van der Waals surface area contributed by atoms with Gasteiger partial charge in [-0.3, -0.25) is 9.59 Å². The van der Waals surface area contributed by atoms with E-state index < -0.39 is 0 Å². The van der Waals surface area contributed by atoms with Crippen LogP contribution in [0.3, 0.4) is 0 Å². The molecule has 4 nitrogen and oxygen atoms in total. The first kappa shape index (κ1) is 15.6. The third kappa shape index (κ3) is 3.85. The normalized spacial score (nSPS) is 18.2. The molecule has 0 bridgehead atoms. The van der Waals surface area contributed by atoms with E-state index in [0.717, 1.165) is 11.1 Å². The van der Waals surface area contributed by atoms with Crippen molar-refractivity contribution in [1.29, 1.82) is 0 Å². The van der Waals surface area contributed by atoms with Gasteiger partial charge in [0.15, 0.2) is 0 Å². The Hall–Kier alpha value is -1.81. The van der Waals surface area contributed by atoms with Crippen molar-refractivity contribution in [2.45, 2.75) is 13.3 Å². The number of carbonyl (C=O) groups is 2. The second-order valence-corrected chi connectivity index (χ2v) is 5.54. The lowest BCUT2D eigenvalue weighted by Gasteiger charge is -2.13. The highest BCUT2D eigenvalue weighted by molar-refractivity contribution is 6.31. The molecule has 21 heavy (non-hydrogen) atoms. The molecule has 0 aliphatic carbocycles. The van der Waals surface area contributed by atoms with Gasteiger partial charge in [-0.2, -0.15) is 0 Å². The summed E-state index contributed by atoms with van der Waals surface area (Å²) in [6, 6.07) is 5.64. The summed E-state index contributed by atoms with van der Waals surface area (Å²) in [5.74, 6) is -0.557. The van der Waals surface area contributed by atoms with Gasteiger partial charge in [-0.25, -0.2) is 0 Å². The maximum atomic E-state index is 12.1. The summed E-state index contributed by atoms with van der Waals surface area (Å²) in [5, 5.41) is 0.677. The number of rotatable bonds is 3. The zero-order chi connectivity index (χ0) is 15.4. The number of amides is 1. The molecule has 1 saturated heterocycles. The summed E-state index contributed by atoms with van der Waals surface area (Å²) in [7, 11) is 1.37. The van der Waals surface area contributed by atoms with Crippen LogP contribution in [-0.2, 0) is 14.3 Å². The van der Waals surface area contributed by atoms with E-state index in [9.17, 15) is 9.59 Å². The van der Waals surface area contributed by atoms with E-state index in [2.05, 4.69) is 0 Å². The first-order valence-electron chi connectivity index (χ1n) is 6.82. The van der Waals surface area contributed by atoms with Gasteiger partial charge in [0, 0.05) is 24.2 Å². The predicted molar refractivity (Wildman–Crippen MR) is 81.9 cm³/mol. The summed E-state index contributed by atoms with van der Waals surface area (Å²) in [5.41, 5.74) is 1.88. The van der Waals surface area contributed by atoms with Gasteiger partial charge >= 0.3 is 5.97 Å². The molecule has 1 atom stereocenters. The van der Waals surface area contributed by atoms with Gasteiger partial charge in [-0.1, -0.05) is 23.7 Å². The van der Waals surface area contributed by atoms with Crippen LogP contribution in [0.5, 0.6) is 0 Å². The van der Waals surface area contributed by atoms with Gasteiger partial charge in [-0.05, 0) is 36.6 Å². The molecule has 1 unspecified atom stereocenters. The highest BCUT2D eigenvalue weighted by Crippen LogP contribution is 2.19. The zero-order valence-electron chi connectivity index (χ0n) is 12.1. The van der Waals surface area contributed by atoms with Crippen LogP contribution in [0.2, 0.25) is 5.02 Å². The molecule has 0 aromatic heterocycles. The first-order chi connectivity index (χ1) is 10.0. The van der Waals surface area contributed by atoms with Gasteiger partial charge in [0.25, 0.3) is 0 Å². The summed E-state index contributed by atoms with van der Waals surface area (Å²) in [6.45, 7) is 2.93. The Bertz CT molecular complexity index is 583. The molecule has 5 heteroatoms. The van der Waals surface area contributed by atoms with Crippen LogP contribution < -0.4 is 0 Å². The van der Waals surface area contributed by atoms with E-state index >= 15 is 0 Å². The number of esters is 1. The quantitative estimate of drug-likeness (QED) is 0.637. The average molecular weight is 308 g/mol. The van der Waals surface area contributed by atoms with E-state index in [1.54, 1.807) is 11.0 Å². The first-order valence-corrected chi connectivity index (χ1v) is 7.20. The number of carbonyl (C=O) groups excluding carboxylic acids is 2. The minimum atomic E-state index is -0.250. The molecule has 1 heterocycles. The lowest BCUT2D eigenvalue weighted by Crippen LogP contribution is -2.28. The lowest BCUT2D eigenvalue weighted by atomic mass is 10.1. The maximum Gasteiger partial charge on any atom is 0.310 e. The van der Waals surface area contributed by atoms with Crippen LogP contribution in [0.4, 0.5) is 0 Å². The summed E-state index contributed by atoms with van der Waals surface area (Å²) in [6.07, 6.45) is 3.91. The monoisotopic (exact) mass is 307 g/mol. The molecule has 2 rings (SSSR count). The number of hydrogen-bond donors (Lipinski definition) is 0. The number of ether oxygens (including phenoxy) is 1. The molecule has 0 saturated carbocycles. The number of nitrogens with zero attached hydrogens (tertiary/aromatic N) is 1. The number of aryl methyl sites for hydroxylation is 1. The summed E-state index contributed by atoms with van der Waals surface area (Å²) < 4.78 is 4.71. The molecule has 1 aromatic carbocycles. The lowest BCUT2D eigenvalue weighted by molar-refractivity contribution is -0.145. The Labute approximate surface area is 129 Å². The zero-order valence-corrected chi connectivity index (χ0v) is 12.9. The highest BCUT2D eigenvalue weighted by Gasteiger charge is 2.30. The Morgan fingerprint density at radius 1 is 1.43 bits per heavy atom. The van der Waals surface area contributed by atoms with Gasteiger partial charge in [-0.15, -0.1) is 0 Å². The third-order valence-corrected chi connectivity index (χ3v) is 4.06. The Morgan fingerprint density at radius 2 is 2.19 bits per heavy atom. The molecule has 1 fully saturated rings. The highest BCUT2D eigenvalue weighted by atomic mass is 35.5. The fourth-order valence-corrected chi connectivity index (χ4v) is 2.49. The largest absolute Gasteiger partial charge is 0.469 e. The smallest absolute Gasteiger partial charge is 0.310 e. The third-order valence-electron chi connectivity index (χ3n) is 3.65. The van der Waals surface area contributed by atoms with Crippen LogP contribution in [0.25, 0.3) is 6.08 Å². The molecule has 0 N–H and O–H groups in total. The van der Waals surface area contributed by atoms with Crippen molar-refractivity contribution in [3.63, 3.8) is 0 Å². The molecule has 1 aliphatic heterocycles. The molecule has 1 amide bonds. The molecule has 1 aromatic rings.